The maximum atomic E-state index is 13.0. The van der Waals surface area contributed by atoms with Crippen molar-refractivity contribution in [2.45, 2.75) is 12.2 Å². The summed E-state index contributed by atoms with van der Waals surface area (Å²) in [6, 6.07) is 1.31. The SMILES string of the molecule is O=C(O)C(O)C(O)c1cc(F)c(Cl)c(F)c1. The molecule has 0 amide bonds. The van der Waals surface area contributed by atoms with Gasteiger partial charge in [-0.05, 0) is 17.7 Å². The van der Waals surface area contributed by atoms with Gasteiger partial charge in [-0.1, -0.05) is 11.6 Å². The number of hydrogen-bond donors (Lipinski definition) is 3. The quantitative estimate of drug-likeness (QED) is 0.704. The Morgan fingerprint density at radius 2 is 1.69 bits per heavy atom. The molecule has 2 unspecified atom stereocenters. The van der Waals surface area contributed by atoms with Crippen LogP contribution in [-0.2, 0) is 4.79 Å². The lowest BCUT2D eigenvalue weighted by Gasteiger charge is -2.14. The summed E-state index contributed by atoms with van der Waals surface area (Å²) in [6.45, 7) is 0. The molecule has 1 aromatic carbocycles. The molecule has 0 saturated carbocycles. The number of carbonyl (C=O) groups is 1. The highest BCUT2D eigenvalue weighted by Crippen LogP contribution is 2.25. The Morgan fingerprint density at radius 1 is 1.25 bits per heavy atom. The second-order valence-corrected chi connectivity index (χ2v) is 3.40. The van der Waals surface area contributed by atoms with Crippen LogP contribution in [0.2, 0.25) is 5.02 Å². The lowest BCUT2D eigenvalue weighted by atomic mass is 10.0. The molecule has 0 fully saturated rings. The third kappa shape index (κ3) is 2.46. The average Bonchev–Trinajstić information content (AvgIpc) is 2.22. The average molecular weight is 253 g/mol. The van der Waals surface area contributed by atoms with E-state index >= 15 is 0 Å². The van der Waals surface area contributed by atoms with Gasteiger partial charge in [-0.15, -0.1) is 0 Å². The van der Waals surface area contributed by atoms with Gasteiger partial charge in [0, 0.05) is 0 Å². The molecule has 88 valence electrons. The third-order valence-corrected chi connectivity index (χ3v) is 2.26. The highest BCUT2D eigenvalue weighted by atomic mass is 35.5. The zero-order chi connectivity index (χ0) is 12.5. The minimum Gasteiger partial charge on any atom is -0.479 e. The topological polar surface area (TPSA) is 77.8 Å². The molecule has 0 aliphatic heterocycles. The van der Waals surface area contributed by atoms with Crippen LogP contribution in [0.4, 0.5) is 8.78 Å². The van der Waals surface area contributed by atoms with Crippen molar-refractivity contribution in [1.82, 2.24) is 0 Å². The van der Waals surface area contributed by atoms with E-state index in [1.807, 2.05) is 0 Å². The summed E-state index contributed by atoms with van der Waals surface area (Å²) >= 11 is 5.19. The van der Waals surface area contributed by atoms with Gasteiger partial charge in [0.1, 0.15) is 22.8 Å². The van der Waals surface area contributed by atoms with E-state index in [2.05, 4.69) is 0 Å². The standard InChI is InChI=1S/C9H7ClF2O4/c10-6-4(11)1-3(2-5(6)12)7(13)8(14)9(15)16/h1-2,7-8,13-14H,(H,15,16). The van der Waals surface area contributed by atoms with E-state index < -0.39 is 40.4 Å². The first-order chi connectivity index (χ1) is 7.34. The van der Waals surface area contributed by atoms with Gasteiger partial charge in [-0.25, -0.2) is 13.6 Å². The van der Waals surface area contributed by atoms with Gasteiger partial charge < -0.3 is 15.3 Å². The smallest absolute Gasteiger partial charge is 0.335 e. The largest absolute Gasteiger partial charge is 0.479 e. The normalized spacial score (nSPS) is 14.6. The maximum absolute atomic E-state index is 13.0. The summed E-state index contributed by atoms with van der Waals surface area (Å²) in [5, 5.41) is 25.9. The zero-order valence-electron chi connectivity index (χ0n) is 7.69. The van der Waals surface area contributed by atoms with Crippen LogP contribution in [0.25, 0.3) is 0 Å². The van der Waals surface area contributed by atoms with Gasteiger partial charge in [0.25, 0.3) is 0 Å². The van der Waals surface area contributed by atoms with Crippen LogP contribution in [0.1, 0.15) is 11.7 Å². The fourth-order valence-electron chi connectivity index (χ4n) is 1.06. The van der Waals surface area contributed by atoms with E-state index in [4.69, 9.17) is 21.8 Å². The van der Waals surface area contributed by atoms with Crippen molar-refractivity contribution in [3.63, 3.8) is 0 Å². The van der Waals surface area contributed by atoms with Gasteiger partial charge in [-0.2, -0.15) is 0 Å². The molecule has 3 N–H and O–H groups in total. The number of hydrogen-bond acceptors (Lipinski definition) is 3. The van der Waals surface area contributed by atoms with Gasteiger partial charge in [0.05, 0.1) is 0 Å². The molecule has 1 rings (SSSR count). The van der Waals surface area contributed by atoms with E-state index in [0.29, 0.717) is 12.1 Å². The first-order valence-corrected chi connectivity index (χ1v) is 4.45. The van der Waals surface area contributed by atoms with E-state index in [-0.39, 0.29) is 0 Å². The van der Waals surface area contributed by atoms with E-state index in [0.717, 1.165) is 0 Å². The van der Waals surface area contributed by atoms with Crippen molar-refractivity contribution in [2.24, 2.45) is 0 Å². The van der Waals surface area contributed by atoms with Crippen molar-refractivity contribution in [2.75, 3.05) is 0 Å². The molecule has 7 heteroatoms. The van der Waals surface area contributed by atoms with Gasteiger partial charge >= 0.3 is 5.97 Å². The minimum atomic E-state index is -2.17. The molecule has 1 aromatic rings. The van der Waals surface area contributed by atoms with E-state index in [1.165, 1.54) is 0 Å². The summed E-state index contributed by atoms with van der Waals surface area (Å²) in [5.41, 5.74) is -0.408. The Hall–Kier alpha value is -1.24. The molecule has 0 aliphatic carbocycles. The van der Waals surface area contributed by atoms with Crippen LogP contribution in [0, 0.1) is 11.6 Å². The van der Waals surface area contributed by atoms with E-state index in [1.54, 1.807) is 0 Å². The summed E-state index contributed by atoms with van der Waals surface area (Å²) in [6.07, 6.45) is -4.10. The fourth-order valence-corrected chi connectivity index (χ4v) is 1.17. The molecule has 0 aromatic heterocycles. The Balaban J connectivity index is 3.10. The molecule has 0 saturated heterocycles. The van der Waals surface area contributed by atoms with E-state index in [9.17, 15) is 18.7 Å². The molecule has 2 atom stereocenters. The highest BCUT2D eigenvalue weighted by Gasteiger charge is 2.26. The number of halogens is 3. The molecule has 4 nitrogen and oxygen atoms in total. The van der Waals surface area contributed by atoms with Crippen molar-refractivity contribution < 1.29 is 28.9 Å². The number of rotatable bonds is 3. The predicted molar refractivity (Wildman–Crippen MR) is 50.0 cm³/mol. The number of aliphatic carboxylic acids is 1. The lowest BCUT2D eigenvalue weighted by molar-refractivity contribution is -0.153. The van der Waals surface area contributed by atoms with Crippen molar-refractivity contribution in [1.29, 1.82) is 0 Å². The number of carboxylic acids is 1. The van der Waals surface area contributed by atoms with Crippen LogP contribution in [0.15, 0.2) is 12.1 Å². The van der Waals surface area contributed by atoms with Crippen molar-refractivity contribution >= 4 is 17.6 Å². The molecular weight excluding hydrogens is 246 g/mol. The molecule has 0 heterocycles. The predicted octanol–water partition coefficient (Wildman–Crippen LogP) is 1.10. The van der Waals surface area contributed by atoms with Gasteiger partial charge in [-0.3, -0.25) is 0 Å². The van der Waals surface area contributed by atoms with Crippen molar-refractivity contribution in [3.8, 4) is 0 Å². The Bertz CT molecular complexity index is 401. The Labute approximate surface area is 93.7 Å². The zero-order valence-corrected chi connectivity index (χ0v) is 8.45. The highest BCUT2D eigenvalue weighted by molar-refractivity contribution is 6.30. The number of aliphatic hydroxyl groups excluding tert-OH is 2. The van der Waals surface area contributed by atoms with Crippen LogP contribution in [-0.4, -0.2) is 27.4 Å². The summed E-state index contributed by atoms with van der Waals surface area (Å²) in [4.78, 5) is 10.3. The summed E-state index contributed by atoms with van der Waals surface area (Å²) in [5.74, 6) is -4.00. The Morgan fingerprint density at radius 3 is 2.06 bits per heavy atom. The number of carboxylic acid groups (broad SMARTS) is 1. The molecule has 0 aliphatic rings. The molecule has 0 bridgehead atoms. The molecule has 16 heavy (non-hydrogen) atoms. The fraction of sp³-hybridized carbons (Fsp3) is 0.222. The second kappa shape index (κ2) is 4.73. The molecule has 0 spiro atoms. The third-order valence-electron chi connectivity index (χ3n) is 1.90. The summed E-state index contributed by atoms with van der Waals surface area (Å²) < 4.78 is 25.9. The monoisotopic (exact) mass is 252 g/mol. The Kier molecular flexibility index (Phi) is 3.79. The number of benzene rings is 1. The van der Waals surface area contributed by atoms with Crippen LogP contribution in [0.5, 0.6) is 0 Å². The second-order valence-electron chi connectivity index (χ2n) is 3.03. The molecular formula is C9H7ClF2O4. The van der Waals surface area contributed by atoms with Crippen LogP contribution in [0.3, 0.4) is 0 Å². The summed E-state index contributed by atoms with van der Waals surface area (Å²) in [7, 11) is 0. The van der Waals surface area contributed by atoms with Crippen molar-refractivity contribution in [3.05, 3.63) is 34.4 Å². The number of aliphatic hydroxyl groups is 2. The molecule has 0 radical (unpaired) electrons. The minimum absolute atomic E-state index is 0.408. The van der Waals surface area contributed by atoms with Crippen LogP contribution < -0.4 is 0 Å². The van der Waals surface area contributed by atoms with Gasteiger partial charge in [0.15, 0.2) is 6.10 Å². The first kappa shape index (κ1) is 12.8. The van der Waals surface area contributed by atoms with Crippen LogP contribution >= 0.6 is 11.6 Å². The maximum Gasteiger partial charge on any atom is 0.335 e. The lowest BCUT2D eigenvalue weighted by Crippen LogP contribution is -2.27. The first-order valence-electron chi connectivity index (χ1n) is 4.08. The van der Waals surface area contributed by atoms with Gasteiger partial charge in [0.2, 0.25) is 0 Å².